The van der Waals surface area contributed by atoms with Gasteiger partial charge in [0.2, 0.25) is 0 Å². The van der Waals surface area contributed by atoms with Gasteiger partial charge in [0.15, 0.2) is 11.6 Å². The zero-order valence-electron chi connectivity index (χ0n) is 16.2. The van der Waals surface area contributed by atoms with Gasteiger partial charge in [-0.3, -0.25) is 9.59 Å². The highest BCUT2D eigenvalue weighted by Crippen LogP contribution is 2.23. The molecule has 0 heterocycles. The van der Waals surface area contributed by atoms with Crippen LogP contribution in [0.1, 0.15) is 46.9 Å². The first kappa shape index (κ1) is 22.0. The zero-order chi connectivity index (χ0) is 21.9. The molecular formula is C24H18N4O2. The predicted octanol–water partition coefficient (Wildman–Crippen LogP) is 3.65. The second-order valence-electron chi connectivity index (χ2n) is 6.71. The van der Waals surface area contributed by atoms with E-state index in [4.69, 9.17) is 10.5 Å². The second-order valence-corrected chi connectivity index (χ2v) is 6.71. The van der Waals surface area contributed by atoms with Crippen LogP contribution in [0.15, 0.2) is 48.5 Å². The Hall–Kier alpha value is -4.26. The van der Waals surface area contributed by atoms with Gasteiger partial charge in [-0.1, -0.05) is 48.5 Å². The number of benzene rings is 2. The van der Waals surface area contributed by atoms with Crippen molar-refractivity contribution in [2.75, 3.05) is 0 Å². The van der Waals surface area contributed by atoms with Gasteiger partial charge in [0.25, 0.3) is 0 Å². The van der Waals surface area contributed by atoms with Crippen LogP contribution in [0.25, 0.3) is 0 Å². The Kier molecular flexibility index (Phi) is 8.02. The summed E-state index contributed by atoms with van der Waals surface area (Å²) < 4.78 is 0. The molecule has 0 aliphatic heterocycles. The van der Waals surface area contributed by atoms with Crippen LogP contribution in [0, 0.1) is 45.3 Å². The van der Waals surface area contributed by atoms with Gasteiger partial charge in [-0.2, -0.15) is 21.0 Å². The molecule has 2 atom stereocenters. The first-order chi connectivity index (χ1) is 14.5. The van der Waals surface area contributed by atoms with Gasteiger partial charge in [-0.25, -0.2) is 0 Å². The molecule has 146 valence electrons. The van der Waals surface area contributed by atoms with Crippen LogP contribution in [-0.4, -0.2) is 11.6 Å². The minimum absolute atomic E-state index is 0.137. The van der Waals surface area contributed by atoms with Crippen molar-refractivity contribution >= 4 is 11.6 Å². The Labute approximate surface area is 175 Å². The summed E-state index contributed by atoms with van der Waals surface area (Å²) in [6.07, 6.45) is 0.212. The molecule has 2 aromatic rings. The third kappa shape index (κ3) is 5.62. The van der Waals surface area contributed by atoms with Crippen LogP contribution in [-0.2, 0) is 22.4 Å². The summed E-state index contributed by atoms with van der Waals surface area (Å²) in [5, 5.41) is 36.2. The molecule has 0 spiro atoms. The number of Topliss-reactive ketones (excluding diaryl/α,β-unsaturated/α-hetero) is 2. The molecule has 0 radical (unpaired) electrons. The summed E-state index contributed by atoms with van der Waals surface area (Å²) in [7, 11) is 0. The number of rotatable bonds is 9. The molecule has 2 aromatic carbocycles. The summed E-state index contributed by atoms with van der Waals surface area (Å²) in [6.45, 7) is 0. The van der Waals surface area contributed by atoms with Crippen molar-refractivity contribution in [1.82, 2.24) is 0 Å². The largest absolute Gasteiger partial charge is 0.298 e. The van der Waals surface area contributed by atoms with Crippen molar-refractivity contribution in [1.29, 1.82) is 21.0 Å². The normalized spacial score (nSPS) is 11.7. The van der Waals surface area contributed by atoms with Crippen molar-refractivity contribution in [3.8, 4) is 24.3 Å². The number of ketones is 2. The maximum Gasteiger partial charge on any atom is 0.154 e. The lowest BCUT2D eigenvalue weighted by molar-refractivity contribution is -0.124. The van der Waals surface area contributed by atoms with Gasteiger partial charge in [-0.05, 0) is 22.3 Å². The van der Waals surface area contributed by atoms with Gasteiger partial charge in [0.1, 0.15) is 11.8 Å². The van der Waals surface area contributed by atoms with E-state index in [-0.39, 0.29) is 37.2 Å². The Balaban J connectivity index is 2.03. The standard InChI is InChI=1S/C24H18N4O2/c25-13-11-17-1-5-19(6-2-17)21(15-27)23(29)9-10-24(30)22(16-28)20-7-3-18(4-8-20)12-14-26/h1-8,21-22H,9-12H2/t21-,22+. The lowest BCUT2D eigenvalue weighted by Gasteiger charge is -2.11. The predicted molar refractivity (Wildman–Crippen MR) is 107 cm³/mol. The molecule has 0 amide bonds. The van der Waals surface area contributed by atoms with Gasteiger partial charge in [-0.15, -0.1) is 0 Å². The van der Waals surface area contributed by atoms with Crippen LogP contribution in [0.4, 0.5) is 0 Å². The smallest absolute Gasteiger partial charge is 0.154 e. The van der Waals surface area contributed by atoms with E-state index in [1.807, 2.05) is 24.3 Å². The fourth-order valence-electron chi connectivity index (χ4n) is 3.04. The number of nitrogens with zero attached hydrogens (tertiary/aromatic N) is 4. The third-order valence-electron chi connectivity index (χ3n) is 4.71. The van der Waals surface area contributed by atoms with Crippen LogP contribution < -0.4 is 0 Å². The van der Waals surface area contributed by atoms with Crippen LogP contribution in [0.2, 0.25) is 0 Å². The summed E-state index contributed by atoms with van der Waals surface area (Å²) in [6, 6.07) is 21.4. The van der Waals surface area contributed by atoms with Gasteiger partial charge in [0.05, 0.1) is 37.1 Å². The molecule has 2 rings (SSSR count). The molecule has 30 heavy (non-hydrogen) atoms. The van der Waals surface area contributed by atoms with Crippen molar-refractivity contribution in [2.45, 2.75) is 37.5 Å². The molecule has 0 N–H and O–H groups in total. The van der Waals surface area contributed by atoms with E-state index < -0.39 is 11.8 Å². The van der Waals surface area contributed by atoms with Crippen LogP contribution in [0.3, 0.4) is 0 Å². The summed E-state index contributed by atoms with van der Waals surface area (Å²) in [5.74, 6) is -2.78. The molecule has 0 fully saturated rings. The Bertz CT molecular complexity index is 985. The highest BCUT2D eigenvalue weighted by Gasteiger charge is 2.24. The minimum atomic E-state index is -1.00. The number of carbonyl (C=O) groups excluding carboxylic acids is 2. The minimum Gasteiger partial charge on any atom is -0.298 e. The molecule has 6 heteroatoms. The van der Waals surface area contributed by atoms with Gasteiger partial charge in [0, 0.05) is 12.8 Å². The quantitative estimate of drug-likeness (QED) is 0.638. The monoisotopic (exact) mass is 394 g/mol. The fraction of sp³-hybridized carbons (Fsp3) is 0.250. The topological polar surface area (TPSA) is 129 Å². The number of carbonyl (C=O) groups is 2. The molecule has 0 aliphatic carbocycles. The van der Waals surface area contributed by atoms with Crippen molar-refractivity contribution in [3.05, 3.63) is 70.8 Å². The Morgan fingerprint density at radius 1 is 0.633 bits per heavy atom. The molecule has 0 aliphatic rings. The van der Waals surface area contributed by atoms with E-state index in [1.165, 1.54) is 0 Å². The molecule has 0 saturated heterocycles. The van der Waals surface area contributed by atoms with E-state index in [2.05, 4.69) is 0 Å². The molecule has 0 unspecified atom stereocenters. The summed E-state index contributed by atoms with van der Waals surface area (Å²) >= 11 is 0. The first-order valence-electron chi connectivity index (χ1n) is 9.30. The lowest BCUT2D eigenvalue weighted by atomic mass is 9.89. The lowest BCUT2D eigenvalue weighted by Crippen LogP contribution is -2.16. The van der Waals surface area contributed by atoms with Crippen molar-refractivity contribution in [2.24, 2.45) is 0 Å². The number of hydrogen-bond acceptors (Lipinski definition) is 6. The first-order valence-corrected chi connectivity index (χ1v) is 9.30. The van der Waals surface area contributed by atoms with E-state index in [9.17, 15) is 20.1 Å². The van der Waals surface area contributed by atoms with Crippen LogP contribution >= 0.6 is 0 Å². The summed E-state index contributed by atoms with van der Waals surface area (Å²) in [5.41, 5.74) is 2.61. The van der Waals surface area contributed by atoms with Gasteiger partial charge < -0.3 is 0 Å². The third-order valence-corrected chi connectivity index (χ3v) is 4.71. The maximum atomic E-state index is 12.5. The van der Waals surface area contributed by atoms with E-state index in [0.29, 0.717) is 11.1 Å². The van der Waals surface area contributed by atoms with E-state index >= 15 is 0 Å². The fourth-order valence-corrected chi connectivity index (χ4v) is 3.04. The number of hydrogen-bond donors (Lipinski definition) is 0. The Morgan fingerprint density at radius 2 is 0.967 bits per heavy atom. The van der Waals surface area contributed by atoms with E-state index in [0.717, 1.165) is 11.1 Å². The van der Waals surface area contributed by atoms with Crippen LogP contribution in [0.5, 0.6) is 0 Å². The van der Waals surface area contributed by atoms with E-state index in [1.54, 1.807) is 48.5 Å². The molecular weight excluding hydrogens is 376 g/mol. The Morgan fingerprint density at radius 3 is 1.23 bits per heavy atom. The molecule has 0 bridgehead atoms. The van der Waals surface area contributed by atoms with Crippen molar-refractivity contribution in [3.63, 3.8) is 0 Å². The van der Waals surface area contributed by atoms with Gasteiger partial charge >= 0.3 is 0 Å². The summed E-state index contributed by atoms with van der Waals surface area (Å²) in [4.78, 5) is 25.0. The van der Waals surface area contributed by atoms with Crippen molar-refractivity contribution < 1.29 is 9.59 Å². The second kappa shape index (κ2) is 10.9. The number of nitriles is 4. The highest BCUT2D eigenvalue weighted by atomic mass is 16.1. The highest BCUT2D eigenvalue weighted by molar-refractivity contribution is 5.94. The molecule has 6 nitrogen and oxygen atoms in total. The zero-order valence-corrected chi connectivity index (χ0v) is 16.2. The SMILES string of the molecule is N#CCc1ccc([C@H](C#N)C(=O)CCC(=O)[C@H](C#N)c2ccc(CC#N)cc2)cc1. The maximum absolute atomic E-state index is 12.5. The average Bonchev–Trinajstić information content (AvgIpc) is 2.76. The molecule has 0 aromatic heterocycles. The molecule has 0 saturated carbocycles. The average molecular weight is 394 g/mol.